The molecular formula is C15H20O7. The fraction of sp³-hybridized carbons (Fsp3) is 0.667. The SMILES string of the molecule is C=C(C)C(=O)OCC(=O)OC1CC2C(=O)OCC2CC1OC. The van der Waals surface area contributed by atoms with Crippen LogP contribution in [0.25, 0.3) is 0 Å². The Morgan fingerprint density at radius 1 is 1.32 bits per heavy atom. The van der Waals surface area contributed by atoms with E-state index in [0.29, 0.717) is 19.4 Å². The molecule has 0 amide bonds. The normalized spacial score (nSPS) is 30.2. The van der Waals surface area contributed by atoms with E-state index < -0.39 is 24.6 Å². The van der Waals surface area contributed by atoms with Gasteiger partial charge in [0.2, 0.25) is 0 Å². The number of carbonyl (C=O) groups is 3. The molecule has 7 heteroatoms. The van der Waals surface area contributed by atoms with Crippen molar-refractivity contribution in [2.75, 3.05) is 20.3 Å². The quantitative estimate of drug-likeness (QED) is 0.417. The highest BCUT2D eigenvalue weighted by molar-refractivity contribution is 5.88. The highest BCUT2D eigenvalue weighted by Crippen LogP contribution is 2.38. The first-order valence-electron chi connectivity index (χ1n) is 7.14. The predicted molar refractivity (Wildman–Crippen MR) is 73.6 cm³/mol. The third-order valence-electron chi connectivity index (χ3n) is 4.00. The van der Waals surface area contributed by atoms with Crippen molar-refractivity contribution in [1.82, 2.24) is 0 Å². The molecule has 7 nitrogen and oxygen atoms in total. The summed E-state index contributed by atoms with van der Waals surface area (Å²) in [7, 11) is 1.53. The molecule has 0 N–H and O–H groups in total. The molecule has 0 aromatic carbocycles. The summed E-state index contributed by atoms with van der Waals surface area (Å²) < 4.78 is 20.4. The lowest BCUT2D eigenvalue weighted by molar-refractivity contribution is -0.171. The molecule has 122 valence electrons. The van der Waals surface area contributed by atoms with E-state index in [0.717, 1.165) is 0 Å². The summed E-state index contributed by atoms with van der Waals surface area (Å²) >= 11 is 0. The zero-order valence-electron chi connectivity index (χ0n) is 12.7. The van der Waals surface area contributed by atoms with Gasteiger partial charge in [-0.2, -0.15) is 0 Å². The molecule has 4 unspecified atom stereocenters. The third kappa shape index (κ3) is 3.65. The minimum atomic E-state index is -0.675. The summed E-state index contributed by atoms with van der Waals surface area (Å²) in [6, 6.07) is 0. The van der Waals surface area contributed by atoms with Crippen molar-refractivity contribution in [3.05, 3.63) is 12.2 Å². The van der Waals surface area contributed by atoms with Crippen molar-refractivity contribution in [1.29, 1.82) is 0 Å². The molecule has 2 rings (SSSR count). The minimum Gasteiger partial charge on any atom is -0.465 e. The van der Waals surface area contributed by atoms with Crippen LogP contribution in [0.2, 0.25) is 0 Å². The number of hydrogen-bond donors (Lipinski definition) is 0. The van der Waals surface area contributed by atoms with Gasteiger partial charge in [0.05, 0.1) is 18.6 Å². The zero-order valence-corrected chi connectivity index (χ0v) is 12.7. The summed E-state index contributed by atoms with van der Waals surface area (Å²) in [6.45, 7) is 4.81. The van der Waals surface area contributed by atoms with Crippen LogP contribution >= 0.6 is 0 Å². The zero-order chi connectivity index (χ0) is 16.3. The smallest absolute Gasteiger partial charge is 0.344 e. The Hall–Kier alpha value is -1.89. The summed E-state index contributed by atoms with van der Waals surface area (Å²) in [6.07, 6.45) is 0.114. The molecule has 0 aromatic rings. The van der Waals surface area contributed by atoms with E-state index in [1.165, 1.54) is 14.0 Å². The van der Waals surface area contributed by atoms with Gasteiger partial charge >= 0.3 is 17.9 Å². The van der Waals surface area contributed by atoms with Gasteiger partial charge in [-0.25, -0.2) is 9.59 Å². The fourth-order valence-corrected chi connectivity index (χ4v) is 2.80. The molecule has 4 atom stereocenters. The standard InChI is InChI=1S/C15H20O7/c1-8(2)14(17)21-7-13(16)22-12-5-10-9(4-11(12)19-3)6-20-15(10)18/h9-12H,1,4-7H2,2-3H3. The molecule has 1 saturated carbocycles. The van der Waals surface area contributed by atoms with Crippen LogP contribution < -0.4 is 0 Å². The molecule has 2 fully saturated rings. The summed E-state index contributed by atoms with van der Waals surface area (Å²) in [4.78, 5) is 34.7. The predicted octanol–water partition coefficient (Wildman–Crippen LogP) is 0.615. The number of methoxy groups -OCH3 is 1. The summed E-state index contributed by atoms with van der Waals surface area (Å²) in [5.74, 6) is -1.74. The first kappa shape index (κ1) is 16.5. The minimum absolute atomic E-state index is 0.105. The van der Waals surface area contributed by atoms with Gasteiger partial charge in [-0.15, -0.1) is 0 Å². The Bertz CT molecular complexity index is 484. The lowest BCUT2D eigenvalue weighted by atomic mass is 9.78. The van der Waals surface area contributed by atoms with Crippen molar-refractivity contribution in [2.24, 2.45) is 11.8 Å². The largest absolute Gasteiger partial charge is 0.465 e. The van der Waals surface area contributed by atoms with E-state index >= 15 is 0 Å². The van der Waals surface area contributed by atoms with Gasteiger partial charge in [-0.05, 0) is 13.3 Å². The number of hydrogen-bond acceptors (Lipinski definition) is 7. The van der Waals surface area contributed by atoms with E-state index in [4.69, 9.17) is 18.9 Å². The lowest BCUT2D eigenvalue weighted by Crippen LogP contribution is -2.43. The van der Waals surface area contributed by atoms with Crippen molar-refractivity contribution < 1.29 is 33.3 Å². The van der Waals surface area contributed by atoms with Crippen LogP contribution in [-0.2, 0) is 33.3 Å². The second kappa shape index (κ2) is 6.91. The third-order valence-corrected chi connectivity index (χ3v) is 4.00. The van der Waals surface area contributed by atoms with E-state index in [2.05, 4.69) is 6.58 Å². The molecule has 1 aliphatic heterocycles. The second-order valence-electron chi connectivity index (χ2n) is 5.63. The van der Waals surface area contributed by atoms with Crippen LogP contribution in [0.5, 0.6) is 0 Å². The Morgan fingerprint density at radius 3 is 2.68 bits per heavy atom. The van der Waals surface area contributed by atoms with Crippen LogP contribution in [0.15, 0.2) is 12.2 Å². The molecular weight excluding hydrogens is 292 g/mol. The molecule has 1 aliphatic carbocycles. The van der Waals surface area contributed by atoms with Crippen molar-refractivity contribution >= 4 is 17.9 Å². The van der Waals surface area contributed by atoms with Gasteiger partial charge in [-0.1, -0.05) is 6.58 Å². The first-order chi connectivity index (χ1) is 10.4. The number of carbonyl (C=O) groups excluding carboxylic acids is 3. The average Bonchev–Trinajstić information content (AvgIpc) is 2.84. The van der Waals surface area contributed by atoms with E-state index in [9.17, 15) is 14.4 Å². The molecule has 0 aromatic heterocycles. The Balaban J connectivity index is 1.89. The van der Waals surface area contributed by atoms with Crippen LogP contribution in [0.4, 0.5) is 0 Å². The molecule has 0 spiro atoms. The fourth-order valence-electron chi connectivity index (χ4n) is 2.80. The highest BCUT2D eigenvalue weighted by atomic mass is 16.6. The Kier molecular flexibility index (Phi) is 5.18. The Labute approximate surface area is 128 Å². The topological polar surface area (TPSA) is 88.1 Å². The molecule has 1 saturated heterocycles. The van der Waals surface area contributed by atoms with Crippen LogP contribution in [-0.4, -0.2) is 50.4 Å². The van der Waals surface area contributed by atoms with Crippen LogP contribution in [0.3, 0.4) is 0 Å². The van der Waals surface area contributed by atoms with Gasteiger partial charge in [0.25, 0.3) is 0 Å². The number of fused-ring (bicyclic) bond motifs is 1. The first-order valence-corrected chi connectivity index (χ1v) is 7.14. The van der Waals surface area contributed by atoms with Gasteiger partial charge in [-0.3, -0.25) is 4.79 Å². The highest BCUT2D eigenvalue weighted by Gasteiger charge is 2.47. The van der Waals surface area contributed by atoms with Gasteiger partial charge in [0.15, 0.2) is 6.61 Å². The average molecular weight is 312 g/mol. The van der Waals surface area contributed by atoms with Gasteiger partial charge in [0, 0.05) is 25.0 Å². The van der Waals surface area contributed by atoms with Crippen LogP contribution in [0, 0.1) is 11.8 Å². The molecule has 0 radical (unpaired) electrons. The van der Waals surface area contributed by atoms with Crippen molar-refractivity contribution in [3.8, 4) is 0 Å². The number of ether oxygens (including phenoxy) is 4. The maximum atomic E-state index is 11.8. The molecule has 0 bridgehead atoms. The lowest BCUT2D eigenvalue weighted by Gasteiger charge is -2.34. The van der Waals surface area contributed by atoms with Crippen molar-refractivity contribution in [2.45, 2.75) is 32.0 Å². The Morgan fingerprint density at radius 2 is 2.05 bits per heavy atom. The molecule has 2 aliphatic rings. The number of rotatable bonds is 5. The van der Waals surface area contributed by atoms with E-state index in [-0.39, 0.29) is 29.5 Å². The molecule has 1 heterocycles. The maximum absolute atomic E-state index is 11.8. The van der Waals surface area contributed by atoms with Gasteiger partial charge < -0.3 is 18.9 Å². The van der Waals surface area contributed by atoms with E-state index in [1.807, 2.05) is 0 Å². The van der Waals surface area contributed by atoms with Gasteiger partial charge in [0.1, 0.15) is 6.10 Å². The maximum Gasteiger partial charge on any atom is 0.344 e. The summed E-state index contributed by atoms with van der Waals surface area (Å²) in [5, 5.41) is 0. The molecule has 22 heavy (non-hydrogen) atoms. The van der Waals surface area contributed by atoms with Crippen molar-refractivity contribution in [3.63, 3.8) is 0 Å². The second-order valence-corrected chi connectivity index (χ2v) is 5.63. The van der Waals surface area contributed by atoms with Crippen LogP contribution in [0.1, 0.15) is 19.8 Å². The van der Waals surface area contributed by atoms with E-state index in [1.54, 1.807) is 0 Å². The monoisotopic (exact) mass is 312 g/mol. The summed E-state index contributed by atoms with van der Waals surface area (Å²) in [5.41, 5.74) is 0.205. The number of cyclic esters (lactones) is 1. The number of esters is 3.